The first kappa shape index (κ1) is 14.8. The summed E-state index contributed by atoms with van der Waals surface area (Å²) in [6.07, 6.45) is 8.25. The lowest BCUT2D eigenvalue weighted by Gasteiger charge is -2.55. The third-order valence-electron chi connectivity index (χ3n) is 5.81. The summed E-state index contributed by atoms with van der Waals surface area (Å²) in [5.41, 5.74) is 5.36. The third-order valence-corrected chi connectivity index (χ3v) is 5.81. The van der Waals surface area contributed by atoms with Crippen LogP contribution in [0.3, 0.4) is 0 Å². The molecule has 0 aromatic rings. The summed E-state index contributed by atoms with van der Waals surface area (Å²) in [6.45, 7) is 0.543. The van der Waals surface area contributed by atoms with Crippen LogP contribution in [-0.4, -0.2) is 29.6 Å². The molecule has 0 saturated heterocycles. The van der Waals surface area contributed by atoms with Crippen LogP contribution in [0.5, 0.6) is 0 Å². The molecule has 4 aliphatic carbocycles. The highest BCUT2D eigenvalue weighted by Gasteiger charge is 2.54. The van der Waals surface area contributed by atoms with Crippen LogP contribution in [0.4, 0.5) is 0 Å². The smallest absolute Gasteiger partial charge is 0.320 e. The van der Waals surface area contributed by atoms with Gasteiger partial charge in [0.25, 0.3) is 0 Å². The van der Waals surface area contributed by atoms with Crippen molar-refractivity contribution in [2.75, 3.05) is 6.54 Å². The number of carbonyl (C=O) groups excluding carboxylic acids is 1. The summed E-state index contributed by atoms with van der Waals surface area (Å²) in [6, 6.07) is -0.818. The number of carboxylic acid groups (broad SMARTS) is 1. The molecule has 1 unspecified atom stereocenters. The Balaban J connectivity index is 1.48. The lowest BCUT2D eigenvalue weighted by atomic mass is 9.49. The molecule has 0 aliphatic heterocycles. The normalized spacial score (nSPS) is 38.2. The van der Waals surface area contributed by atoms with E-state index in [1.807, 2.05) is 0 Å². The van der Waals surface area contributed by atoms with Crippen LogP contribution in [-0.2, 0) is 9.59 Å². The monoisotopic (exact) mass is 294 g/mol. The Hall–Kier alpha value is -1.10. The fraction of sp³-hybridized carbons (Fsp3) is 0.875. The van der Waals surface area contributed by atoms with Gasteiger partial charge >= 0.3 is 5.97 Å². The summed E-state index contributed by atoms with van der Waals surface area (Å²) >= 11 is 0. The van der Waals surface area contributed by atoms with Gasteiger partial charge in [-0.3, -0.25) is 9.59 Å². The van der Waals surface area contributed by atoms with Crippen LogP contribution in [0.1, 0.15) is 51.4 Å². The van der Waals surface area contributed by atoms with Gasteiger partial charge in [0.2, 0.25) is 5.91 Å². The van der Waals surface area contributed by atoms with Gasteiger partial charge in [-0.1, -0.05) is 0 Å². The summed E-state index contributed by atoms with van der Waals surface area (Å²) < 4.78 is 0. The van der Waals surface area contributed by atoms with Gasteiger partial charge in [-0.2, -0.15) is 0 Å². The molecule has 1 atom stereocenters. The molecule has 4 bridgehead atoms. The van der Waals surface area contributed by atoms with Gasteiger partial charge in [0.15, 0.2) is 0 Å². The van der Waals surface area contributed by atoms with Crippen molar-refractivity contribution in [3.63, 3.8) is 0 Å². The van der Waals surface area contributed by atoms with Gasteiger partial charge in [-0.25, -0.2) is 0 Å². The molecule has 5 heteroatoms. The van der Waals surface area contributed by atoms with E-state index in [-0.39, 0.29) is 11.3 Å². The molecule has 4 fully saturated rings. The summed E-state index contributed by atoms with van der Waals surface area (Å²) in [5, 5.41) is 11.8. The van der Waals surface area contributed by atoms with E-state index < -0.39 is 12.0 Å². The van der Waals surface area contributed by atoms with Crippen LogP contribution >= 0.6 is 0 Å². The van der Waals surface area contributed by atoms with Crippen molar-refractivity contribution < 1.29 is 14.7 Å². The Morgan fingerprint density at radius 1 is 1.14 bits per heavy atom. The van der Waals surface area contributed by atoms with Crippen molar-refractivity contribution in [1.82, 2.24) is 5.32 Å². The molecule has 5 nitrogen and oxygen atoms in total. The van der Waals surface area contributed by atoms with Gasteiger partial charge in [-0.15, -0.1) is 0 Å². The predicted molar refractivity (Wildman–Crippen MR) is 78.5 cm³/mol. The second-order valence-corrected chi connectivity index (χ2v) is 7.54. The van der Waals surface area contributed by atoms with Gasteiger partial charge in [0.05, 0.1) is 0 Å². The minimum Gasteiger partial charge on any atom is -0.480 e. The SMILES string of the molecule is NC(CCCNC(=O)C12CC3CC(CC(C3)C1)C2)C(=O)O. The number of nitrogens with two attached hydrogens (primary N) is 1. The van der Waals surface area contributed by atoms with Crippen LogP contribution in [0, 0.1) is 23.2 Å². The number of amides is 1. The average molecular weight is 294 g/mol. The van der Waals surface area contributed by atoms with E-state index >= 15 is 0 Å². The lowest BCUT2D eigenvalue weighted by molar-refractivity contribution is -0.146. The summed E-state index contributed by atoms with van der Waals surface area (Å²) in [5.74, 6) is 1.54. The average Bonchev–Trinajstić information content (AvgIpc) is 2.41. The van der Waals surface area contributed by atoms with Gasteiger partial charge in [0.1, 0.15) is 6.04 Å². The largest absolute Gasteiger partial charge is 0.480 e. The minimum atomic E-state index is -0.970. The van der Waals surface area contributed by atoms with Crippen molar-refractivity contribution in [2.45, 2.75) is 57.4 Å². The minimum absolute atomic E-state index is 0.107. The van der Waals surface area contributed by atoms with Gasteiger partial charge in [-0.05, 0) is 69.1 Å². The number of carboxylic acids is 1. The van der Waals surface area contributed by atoms with E-state index in [1.165, 1.54) is 19.3 Å². The Bertz CT molecular complexity index is 400. The summed E-state index contributed by atoms with van der Waals surface area (Å²) in [4.78, 5) is 23.3. The van der Waals surface area contributed by atoms with Crippen molar-refractivity contribution in [1.29, 1.82) is 0 Å². The number of aliphatic carboxylic acids is 1. The Kier molecular flexibility index (Phi) is 3.95. The van der Waals surface area contributed by atoms with Gasteiger partial charge < -0.3 is 16.2 Å². The van der Waals surface area contributed by atoms with Crippen molar-refractivity contribution in [3.8, 4) is 0 Å². The summed E-state index contributed by atoms with van der Waals surface area (Å²) in [7, 11) is 0. The molecule has 0 spiro atoms. The molecule has 1 amide bonds. The molecule has 4 aliphatic rings. The molecular weight excluding hydrogens is 268 g/mol. The van der Waals surface area contributed by atoms with E-state index in [0.717, 1.165) is 37.0 Å². The quantitative estimate of drug-likeness (QED) is 0.647. The van der Waals surface area contributed by atoms with Crippen LogP contribution < -0.4 is 11.1 Å². The zero-order chi connectivity index (χ0) is 15.0. The fourth-order valence-corrected chi connectivity index (χ4v) is 5.22. The first-order valence-corrected chi connectivity index (χ1v) is 8.25. The van der Waals surface area contributed by atoms with E-state index in [9.17, 15) is 9.59 Å². The maximum Gasteiger partial charge on any atom is 0.320 e. The Morgan fingerprint density at radius 3 is 2.14 bits per heavy atom. The predicted octanol–water partition coefficient (Wildman–Crippen LogP) is 1.51. The van der Waals surface area contributed by atoms with Crippen molar-refractivity contribution in [2.24, 2.45) is 28.9 Å². The second kappa shape index (κ2) is 5.59. The van der Waals surface area contributed by atoms with E-state index in [0.29, 0.717) is 19.4 Å². The van der Waals surface area contributed by atoms with E-state index in [4.69, 9.17) is 10.8 Å². The maximum absolute atomic E-state index is 12.6. The molecule has 4 saturated carbocycles. The molecule has 0 aromatic carbocycles. The topological polar surface area (TPSA) is 92.4 Å². The lowest BCUT2D eigenvalue weighted by Crippen LogP contribution is -2.53. The molecule has 0 heterocycles. The zero-order valence-electron chi connectivity index (χ0n) is 12.5. The molecule has 4 rings (SSSR count). The van der Waals surface area contributed by atoms with Crippen LogP contribution in [0.2, 0.25) is 0 Å². The molecule has 0 aromatic heterocycles. The highest BCUT2D eigenvalue weighted by Crippen LogP contribution is 2.60. The molecule has 118 valence electrons. The first-order valence-electron chi connectivity index (χ1n) is 8.25. The highest BCUT2D eigenvalue weighted by atomic mass is 16.4. The number of hydrogen-bond donors (Lipinski definition) is 3. The second-order valence-electron chi connectivity index (χ2n) is 7.54. The molecule has 0 radical (unpaired) electrons. The van der Waals surface area contributed by atoms with Crippen LogP contribution in [0.15, 0.2) is 0 Å². The zero-order valence-corrected chi connectivity index (χ0v) is 12.5. The van der Waals surface area contributed by atoms with Crippen molar-refractivity contribution in [3.05, 3.63) is 0 Å². The molecule has 21 heavy (non-hydrogen) atoms. The van der Waals surface area contributed by atoms with Crippen LogP contribution in [0.25, 0.3) is 0 Å². The Labute approximate surface area is 125 Å². The van der Waals surface area contributed by atoms with E-state index in [1.54, 1.807) is 0 Å². The number of nitrogens with one attached hydrogen (secondary N) is 1. The first-order chi connectivity index (χ1) is 9.98. The van der Waals surface area contributed by atoms with Gasteiger partial charge in [0, 0.05) is 12.0 Å². The molecule has 4 N–H and O–H groups in total. The maximum atomic E-state index is 12.6. The number of carbonyl (C=O) groups is 2. The molecular formula is C16H26N2O3. The third kappa shape index (κ3) is 2.93. The standard InChI is InChI=1S/C16H26N2O3/c17-13(14(19)20)2-1-3-18-15(21)16-7-10-4-11(8-16)6-12(5-10)9-16/h10-13H,1-9,17H2,(H,18,21)(H,19,20). The fourth-order valence-electron chi connectivity index (χ4n) is 5.22. The Morgan fingerprint density at radius 2 is 1.67 bits per heavy atom. The number of hydrogen-bond acceptors (Lipinski definition) is 3. The van der Waals surface area contributed by atoms with E-state index in [2.05, 4.69) is 5.32 Å². The highest BCUT2D eigenvalue weighted by molar-refractivity contribution is 5.83. The van der Waals surface area contributed by atoms with Crippen molar-refractivity contribution >= 4 is 11.9 Å². The number of rotatable bonds is 6.